The molecule has 1 saturated heterocycles. The summed E-state index contributed by atoms with van der Waals surface area (Å²) in [6, 6.07) is 10.1. The van der Waals surface area contributed by atoms with E-state index < -0.39 is 0 Å². The van der Waals surface area contributed by atoms with Crippen molar-refractivity contribution in [2.45, 2.75) is 12.8 Å². The maximum absolute atomic E-state index is 12.9. The third-order valence-electron chi connectivity index (χ3n) is 4.60. The molecule has 1 aromatic carbocycles. The van der Waals surface area contributed by atoms with Crippen LogP contribution in [-0.2, 0) is 16.0 Å². The summed E-state index contributed by atoms with van der Waals surface area (Å²) in [6.45, 7) is 3.63. The number of hydrogen-bond acceptors (Lipinski definition) is 4. The molecule has 0 bridgehead atoms. The Labute approximate surface area is 174 Å². The molecule has 1 atom stereocenters. The van der Waals surface area contributed by atoms with Crippen molar-refractivity contribution >= 4 is 36.6 Å². The summed E-state index contributed by atoms with van der Waals surface area (Å²) in [6.07, 6.45) is 1.12. The van der Waals surface area contributed by atoms with Gasteiger partial charge in [0.05, 0.1) is 5.92 Å². The van der Waals surface area contributed by atoms with Crippen molar-refractivity contribution in [3.8, 4) is 0 Å². The van der Waals surface area contributed by atoms with Crippen LogP contribution in [0.3, 0.4) is 0 Å². The third kappa shape index (κ3) is 8.05. The van der Waals surface area contributed by atoms with E-state index in [-0.39, 0.29) is 42.5 Å². The first-order chi connectivity index (χ1) is 12.0. The van der Waals surface area contributed by atoms with Crippen LogP contribution in [0, 0.1) is 5.92 Å². The second-order valence-electron chi connectivity index (χ2n) is 6.89. The van der Waals surface area contributed by atoms with Crippen molar-refractivity contribution in [1.82, 2.24) is 14.7 Å². The summed E-state index contributed by atoms with van der Waals surface area (Å²) in [4.78, 5) is 30.7. The maximum atomic E-state index is 12.9. The second kappa shape index (κ2) is 12.9. The van der Waals surface area contributed by atoms with Gasteiger partial charge in [0.1, 0.15) is 0 Å². The molecule has 0 aromatic heterocycles. The zero-order valence-electron chi connectivity index (χ0n) is 16.2. The fourth-order valence-electron chi connectivity index (χ4n) is 3.13. The summed E-state index contributed by atoms with van der Waals surface area (Å²) >= 11 is 0. The quantitative estimate of drug-likeness (QED) is 0.655. The van der Waals surface area contributed by atoms with Crippen molar-refractivity contribution in [3.05, 3.63) is 35.9 Å². The first kappa shape index (κ1) is 25.7. The Morgan fingerprint density at radius 3 is 2.41 bits per heavy atom. The molecule has 0 saturated carbocycles. The summed E-state index contributed by atoms with van der Waals surface area (Å²) in [5.74, 6) is -0.102. The van der Waals surface area contributed by atoms with Crippen LogP contribution in [0.25, 0.3) is 0 Å². The average molecular weight is 419 g/mol. The lowest BCUT2D eigenvalue weighted by Crippen LogP contribution is -2.41. The highest BCUT2D eigenvalue weighted by atomic mass is 35.5. The fraction of sp³-hybridized carbons (Fsp3) is 0.579. The zero-order valence-corrected chi connectivity index (χ0v) is 17.8. The normalized spacial score (nSPS) is 16.1. The van der Waals surface area contributed by atoms with E-state index in [4.69, 9.17) is 5.73 Å². The molecule has 1 unspecified atom stereocenters. The van der Waals surface area contributed by atoms with Crippen LogP contribution in [-0.4, -0.2) is 79.9 Å². The molecule has 8 heteroatoms. The molecule has 1 fully saturated rings. The Balaban J connectivity index is 0.00000338. The number of carbonyl (C=O) groups is 2. The largest absolute Gasteiger partial charge is 0.341 e. The second-order valence-corrected chi connectivity index (χ2v) is 6.89. The Morgan fingerprint density at radius 1 is 1.15 bits per heavy atom. The summed E-state index contributed by atoms with van der Waals surface area (Å²) < 4.78 is 0. The van der Waals surface area contributed by atoms with Gasteiger partial charge in [0.2, 0.25) is 11.8 Å². The molecule has 1 aromatic rings. The molecule has 1 aliphatic rings. The summed E-state index contributed by atoms with van der Waals surface area (Å²) in [5.41, 5.74) is 6.90. The van der Waals surface area contributed by atoms with Crippen molar-refractivity contribution < 1.29 is 9.59 Å². The monoisotopic (exact) mass is 418 g/mol. The van der Waals surface area contributed by atoms with Crippen LogP contribution in [0.2, 0.25) is 0 Å². The van der Waals surface area contributed by atoms with E-state index in [9.17, 15) is 9.59 Å². The molecule has 2 amide bonds. The van der Waals surface area contributed by atoms with Gasteiger partial charge < -0.3 is 20.4 Å². The Bertz CT molecular complexity index is 572. The predicted molar refractivity (Wildman–Crippen MR) is 114 cm³/mol. The molecule has 6 nitrogen and oxygen atoms in total. The number of carbonyl (C=O) groups excluding carboxylic acids is 2. The topological polar surface area (TPSA) is 69.9 Å². The van der Waals surface area contributed by atoms with Gasteiger partial charge in [-0.3, -0.25) is 9.59 Å². The van der Waals surface area contributed by atoms with Crippen LogP contribution in [0.5, 0.6) is 0 Å². The molecular weight excluding hydrogens is 387 g/mol. The summed E-state index contributed by atoms with van der Waals surface area (Å²) in [7, 11) is 3.96. The highest BCUT2D eigenvalue weighted by molar-refractivity contribution is 5.89. The van der Waals surface area contributed by atoms with Crippen molar-refractivity contribution in [1.29, 1.82) is 0 Å². The number of benzene rings is 1. The van der Waals surface area contributed by atoms with E-state index >= 15 is 0 Å². The van der Waals surface area contributed by atoms with Gasteiger partial charge in [-0.05, 0) is 26.1 Å². The first-order valence-corrected chi connectivity index (χ1v) is 8.96. The number of likely N-dealkylation sites (N-methyl/N-ethyl adjacent to an activating group) is 1. The molecular formula is C19H32Cl2N4O2. The van der Waals surface area contributed by atoms with Gasteiger partial charge in [0.15, 0.2) is 0 Å². The molecule has 0 radical (unpaired) electrons. The lowest BCUT2D eigenvalue weighted by molar-refractivity contribution is -0.135. The number of amides is 2. The van der Waals surface area contributed by atoms with E-state index in [1.165, 1.54) is 5.56 Å². The molecule has 0 aliphatic carbocycles. The van der Waals surface area contributed by atoms with Crippen LogP contribution in [0.1, 0.15) is 12.0 Å². The highest BCUT2D eigenvalue weighted by Crippen LogP contribution is 2.20. The van der Waals surface area contributed by atoms with Crippen LogP contribution >= 0.6 is 24.8 Å². The number of hydrogen-bond donors (Lipinski definition) is 1. The van der Waals surface area contributed by atoms with E-state index in [1.54, 1.807) is 4.90 Å². The molecule has 1 aliphatic heterocycles. The van der Waals surface area contributed by atoms with Gasteiger partial charge in [-0.2, -0.15) is 0 Å². The number of nitrogens with two attached hydrogens (primary N) is 1. The van der Waals surface area contributed by atoms with E-state index in [2.05, 4.69) is 12.1 Å². The smallest absolute Gasteiger partial charge is 0.228 e. The van der Waals surface area contributed by atoms with Gasteiger partial charge in [-0.25, -0.2) is 0 Å². The van der Waals surface area contributed by atoms with E-state index in [0.717, 1.165) is 13.0 Å². The first-order valence-electron chi connectivity index (χ1n) is 8.96. The lowest BCUT2D eigenvalue weighted by Gasteiger charge is -2.25. The van der Waals surface area contributed by atoms with Crippen LogP contribution in [0.15, 0.2) is 30.3 Å². The van der Waals surface area contributed by atoms with Gasteiger partial charge >= 0.3 is 0 Å². The number of halogens is 2. The molecule has 27 heavy (non-hydrogen) atoms. The average Bonchev–Trinajstić information content (AvgIpc) is 2.98. The molecule has 2 N–H and O–H groups in total. The van der Waals surface area contributed by atoms with E-state index in [0.29, 0.717) is 39.1 Å². The van der Waals surface area contributed by atoms with Gasteiger partial charge in [-0.15, -0.1) is 24.8 Å². The molecule has 2 rings (SSSR count). The van der Waals surface area contributed by atoms with Crippen molar-refractivity contribution in [3.63, 3.8) is 0 Å². The number of rotatable bonds is 9. The molecule has 0 spiro atoms. The SMILES string of the molecule is CN(C)CCN1CC(C(=O)N(CCN)CCc2ccccc2)CC1=O.Cl.Cl. The van der Waals surface area contributed by atoms with E-state index in [1.807, 2.05) is 42.1 Å². The zero-order chi connectivity index (χ0) is 18.2. The Morgan fingerprint density at radius 2 is 1.81 bits per heavy atom. The fourth-order valence-corrected chi connectivity index (χ4v) is 3.13. The Kier molecular flexibility index (Phi) is 12.3. The maximum Gasteiger partial charge on any atom is 0.228 e. The Hall–Kier alpha value is -1.34. The summed E-state index contributed by atoms with van der Waals surface area (Å²) in [5, 5.41) is 0. The van der Waals surface area contributed by atoms with Gasteiger partial charge in [0, 0.05) is 45.7 Å². The van der Waals surface area contributed by atoms with Crippen LogP contribution < -0.4 is 5.73 Å². The third-order valence-corrected chi connectivity index (χ3v) is 4.60. The van der Waals surface area contributed by atoms with Crippen LogP contribution in [0.4, 0.5) is 0 Å². The molecule has 154 valence electrons. The number of nitrogens with zero attached hydrogens (tertiary/aromatic N) is 3. The van der Waals surface area contributed by atoms with Gasteiger partial charge in [-0.1, -0.05) is 30.3 Å². The lowest BCUT2D eigenvalue weighted by atomic mass is 10.1. The minimum Gasteiger partial charge on any atom is -0.341 e. The van der Waals surface area contributed by atoms with Crippen molar-refractivity contribution in [2.75, 3.05) is 53.4 Å². The number of likely N-dealkylation sites (tertiary alicyclic amines) is 1. The predicted octanol–water partition coefficient (Wildman–Crippen LogP) is 1.27. The minimum atomic E-state index is -0.239. The highest BCUT2D eigenvalue weighted by Gasteiger charge is 2.36. The standard InChI is InChI=1S/C19H30N4O2.2ClH/c1-21(2)12-13-23-15-17(14-18(23)24)19(25)22(11-9-20)10-8-16-6-4-3-5-7-16;;/h3-7,17H,8-15,20H2,1-2H3;2*1H. The van der Waals surface area contributed by atoms with Crippen molar-refractivity contribution in [2.24, 2.45) is 11.7 Å². The molecule has 1 heterocycles. The van der Waals surface area contributed by atoms with Gasteiger partial charge in [0.25, 0.3) is 0 Å². The minimum absolute atomic E-state index is 0.